The van der Waals surface area contributed by atoms with Crippen molar-refractivity contribution in [1.82, 2.24) is 0 Å². The van der Waals surface area contributed by atoms with Gasteiger partial charge >= 0.3 is 34.2 Å². The van der Waals surface area contributed by atoms with Crippen LogP contribution in [0, 0.1) is 0 Å². The van der Waals surface area contributed by atoms with Gasteiger partial charge in [0.15, 0.2) is 0 Å². The Morgan fingerprint density at radius 3 is 0.917 bits per heavy atom. The maximum absolute atomic E-state index is 6.69. The van der Waals surface area contributed by atoms with Crippen LogP contribution in [-0.2, 0) is 25.9 Å². The van der Waals surface area contributed by atoms with Crippen molar-refractivity contribution in [3.05, 3.63) is 0 Å². The fourth-order valence-electron chi connectivity index (χ4n) is 3.77. The van der Waals surface area contributed by atoms with E-state index in [1.54, 1.807) is 0 Å². The van der Waals surface area contributed by atoms with Crippen LogP contribution in [0.5, 0.6) is 0 Å². The predicted octanol–water partition coefficient (Wildman–Crippen LogP) is 3.55. The van der Waals surface area contributed by atoms with Gasteiger partial charge in [0.25, 0.3) is 0 Å². The highest BCUT2D eigenvalue weighted by molar-refractivity contribution is 6.98. The molecule has 1 aliphatic heterocycles. The molecule has 10 heteroatoms. The van der Waals surface area contributed by atoms with Crippen LogP contribution in [0.25, 0.3) is 0 Å². The smallest absolute Gasteiger partial charge is 0.328 e. The van der Waals surface area contributed by atoms with Gasteiger partial charge in [0.1, 0.15) is 0 Å². The van der Waals surface area contributed by atoms with Crippen LogP contribution in [0.3, 0.4) is 0 Å². The van der Waals surface area contributed by atoms with E-state index in [1.807, 2.05) is 27.7 Å². The molecule has 0 aromatic rings. The van der Waals surface area contributed by atoms with Gasteiger partial charge in [-0.05, 0) is 53.9 Å². The Kier molecular flexibility index (Phi) is 8.52. The summed E-state index contributed by atoms with van der Waals surface area (Å²) < 4.78 is 37.9. The first-order chi connectivity index (χ1) is 11.1. The van der Waals surface area contributed by atoms with E-state index < -0.39 is 34.2 Å². The third-order valence-electron chi connectivity index (χ3n) is 3.95. The Hall–Kier alpha value is 0.628. The standard InChI is InChI=1S/C14H36O6Si4/c1-9-15-21(5)13-22(6,16-10-2)20-24(8,18-12-4)14-23(7,19-21)17-11-3/h9-14H2,1-8H3. The van der Waals surface area contributed by atoms with E-state index >= 15 is 0 Å². The summed E-state index contributed by atoms with van der Waals surface area (Å²) in [5.74, 6) is 0. The highest BCUT2D eigenvalue weighted by Gasteiger charge is 2.58. The molecule has 6 nitrogen and oxygen atoms in total. The van der Waals surface area contributed by atoms with E-state index in [1.165, 1.54) is 0 Å². The molecule has 1 fully saturated rings. The number of rotatable bonds is 8. The number of hydrogen-bond acceptors (Lipinski definition) is 6. The fourth-order valence-corrected chi connectivity index (χ4v) is 29.2. The molecule has 144 valence electrons. The Morgan fingerprint density at radius 2 is 0.750 bits per heavy atom. The van der Waals surface area contributed by atoms with Gasteiger partial charge in [-0.2, -0.15) is 0 Å². The van der Waals surface area contributed by atoms with Gasteiger partial charge in [-0.15, -0.1) is 0 Å². The molecule has 0 amide bonds. The summed E-state index contributed by atoms with van der Waals surface area (Å²) in [5.41, 5.74) is 1.49. The lowest BCUT2D eigenvalue weighted by Gasteiger charge is -2.47. The van der Waals surface area contributed by atoms with Crippen molar-refractivity contribution in [2.75, 3.05) is 26.4 Å². The van der Waals surface area contributed by atoms with Crippen LogP contribution >= 0.6 is 0 Å². The van der Waals surface area contributed by atoms with E-state index in [0.717, 1.165) is 11.3 Å². The minimum atomic E-state index is -2.43. The van der Waals surface area contributed by atoms with Gasteiger partial charge in [-0.3, -0.25) is 0 Å². The Bertz CT molecular complexity index is 317. The topological polar surface area (TPSA) is 55.4 Å². The molecule has 1 heterocycles. The monoisotopic (exact) mass is 412 g/mol. The lowest BCUT2D eigenvalue weighted by molar-refractivity contribution is 0.172. The van der Waals surface area contributed by atoms with Crippen molar-refractivity contribution in [3.63, 3.8) is 0 Å². The average Bonchev–Trinajstić information content (AvgIpc) is 2.35. The van der Waals surface area contributed by atoms with E-state index in [2.05, 4.69) is 26.2 Å². The molecule has 24 heavy (non-hydrogen) atoms. The van der Waals surface area contributed by atoms with Crippen molar-refractivity contribution in [2.45, 2.75) is 65.2 Å². The van der Waals surface area contributed by atoms with Crippen molar-refractivity contribution in [1.29, 1.82) is 0 Å². The molecule has 0 radical (unpaired) electrons. The molecule has 0 N–H and O–H groups in total. The molecule has 0 bridgehead atoms. The Labute approximate surface area is 152 Å². The molecule has 1 saturated heterocycles. The minimum Gasteiger partial charge on any atom is -0.415 e. The molecule has 0 aromatic heterocycles. The summed E-state index contributed by atoms with van der Waals surface area (Å²) in [7, 11) is -9.74. The van der Waals surface area contributed by atoms with Gasteiger partial charge in [0.05, 0.1) is 0 Å². The van der Waals surface area contributed by atoms with Gasteiger partial charge < -0.3 is 25.9 Å². The first-order valence-corrected chi connectivity index (χ1v) is 19.1. The first kappa shape index (κ1) is 22.7. The van der Waals surface area contributed by atoms with Crippen molar-refractivity contribution in [2.24, 2.45) is 0 Å². The molecule has 4 unspecified atom stereocenters. The van der Waals surface area contributed by atoms with E-state index in [-0.39, 0.29) is 0 Å². The van der Waals surface area contributed by atoms with Crippen LogP contribution in [0.1, 0.15) is 27.7 Å². The molecule has 0 aliphatic carbocycles. The van der Waals surface area contributed by atoms with Crippen molar-refractivity contribution < 1.29 is 25.9 Å². The minimum absolute atomic E-state index is 0.635. The summed E-state index contributed by atoms with van der Waals surface area (Å²) >= 11 is 0. The maximum atomic E-state index is 6.69. The molecular weight excluding hydrogens is 376 g/mol. The molecule has 0 aromatic carbocycles. The maximum Gasteiger partial charge on any atom is 0.328 e. The summed E-state index contributed by atoms with van der Waals surface area (Å²) in [5, 5.41) is 0. The second kappa shape index (κ2) is 9.02. The zero-order valence-electron chi connectivity index (χ0n) is 16.7. The molecular formula is C14H36O6Si4. The largest absolute Gasteiger partial charge is 0.415 e. The van der Waals surface area contributed by atoms with Gasteiger partial charge in [-0.1, -0.05) is 0 Å². The summed E-state index contributed by atoms with van der Waals surface area (Å²) in [4.78, 5) is 0. The lowest BCUT2D eigenvalue weighted by atomic mass is 10.9. The first-order valence-electron chi connectivity index (χ1n) is 9.03. The Morgan fingerprint density at radius 1 is 0.542 bits per heavy atom. The van der Waals surface area contributed by atoms with Gasteiger partial charge in [0.2, 0.25) is 0 Å². The molecule has 4 atom stereocenters. The highest BCUT2D eigenvalue weighted by atomic mass is 28.5. The third kappa shape index (κ3) is 6.41. The second-order valence-corrected chi connectivity index (χ2v) is 21.5. The quantitative estimate of drug-likeness (QED) is 0.568. The molecule has 0 spiro atoms. The molecule has 1 aliphatic rings. The van der Waals surface area contributed by atoms with E-state index in [4.69, 9.17) is 25.9 Å². The zero-order chi connectivity index (χ0) is 18.5. The van der Waals surface area contributed by atoms with Crippen molar-refractivity contribution in [3.8, 4) is 0 Å². The van der Waals surface area contributed by atoms with Crippen LogP contribution in [0.2, 0.25) is 37.5 Å². The van der Waals surface area contributed by atoms with E-state index in [9.17, 15) is 0 Å². The SMILES string of the molecule is CCO[Si]1(C)C[Si](C)(OCC)O[Si](C)(OCC)C[Si](C)(OCC)O1. The van der Waals surface area contributed by atoms with Crippen LogP contribution in [0.15, 0.2) is 0 Å². The second-order valence-electron chi connectivity index (χ2n) is 6.82. The van der Waals surface area contributed by atoms with Crippen LogP contribution in [-0.4, -0.2) is 60.7 Å². The van der Waals surface area contributed by atoms with Crippen molar-refractivity contribution >= 4 is 34.2 Å². The van der Waals surface area contributed by atoms with Crippen LogP contribution < -0.4 is 0 Å². The third-order valence-corrected chi connectivity index (χ3v) is 24.7. The normalized spacial score (nSPS) is 41.0. The highest BCUT2D eigenvalue weighted by Crippen LogP contribution is 2.37. The fraction of sp³-hybridized carbons (Fsp3) is 1.00. The molecule has 0 saturated carbocycles. The predicted molar refractivity (Wildman–Crippen MR) is 105 cm³/mol. The Balaban J connectivity index is 3.24. The van der Waals surface area contributed by atoms with Gasteiger partial charge in [0, 0.05) is 37.8 Å². The lowest BCUT2D eigenvalue weighted by Crippen LogP contribution is -2.66. The summed E-state index contributed by atoms with van der Waals surface area (Å²) in [6, 6.07) is 0. The zero-order valence-corrected chi connectivity index (χ0v) is 20.7. The number of hydrogen-bond donors (Lipinski definition) is 0. The summed E-state index contributed by atoms with van der Waals surface area (Å²) in [6.07, 6.45) is 0. The van der Waals surface area contributed by atoms with Gasteiger partial charge in [-0.25, -0.2) is 0 Å². The molecule has 1 rings (SSSR count). The summed E-state index contributed by atoms with van der Waals surface area (Å²) in [6.45, 7) is 19.1. The van der Waals surface area contributed by atoms with E-state index in [0.29, 0.717) is 26.4 Å². The average molecular weight is 413 g/mol. The van der Waals surface area contributed by atoms with Crippen LogP contribution in [0.4, 0.5) is 0 Å².